The molecule has 0 spiro atoms. The Kier molecular flexibility index (Phi) is 7.23. The highest BCUT2D eigenvalue weighted by molar-refractivity contribution is 6.30. The van der Waals surface area contributed by atoms with Gasteiger partial charge in [-0.15, -0.1) is 0 Å². The molecule has 0 amide bonds. The Morgan fingerprint density at radius 2 is 1.91 bits per heavy atom. The zero-order valence-corrected chi connectivity index (χ0v) is 20.0. The van der Waals surface area contributed by atoms with Crippen LogP contribution < -0.4 is 5.32 Å². The van der Waals surface area contributed by atoms with E-state index >= 15 is 0 Å². The summed E-state index contributed by atoms with van der Waals surface area (Å²) in [5.41, 5.74) is 5.49. The SMILES string of the molecule is CC(C)(O)c1ccccc1CC[C@H](O)c1cccc(/C=C/C2CCc3ccc(Cl)cc3N2)c1. The number of aliphatic hydroxyl groups is 2. The molecule has 0 radical (unpaired) electrons. The van der Waals surface area contributed by atoms with Gasteiger partial charge in [-0.2, -0.15) is 0 Å². The van der Waals surface area contributed by atoms with Crippen molar-refractivity contribution in [3.8, 4) is 0 Å². The topological polar surface area (TPSA) is 52.5 Å². The highest BCUT2D eigenvalue weighted by Crippen LogP contribution is 2.29. The summed E-state index contributed by atoms with van der Waals surface area (Å²) in [5.74, 6) is 0. The van der Waals surface area contributed by atoms with Crippen LogP contribution >= 0.6 is 11.6 Å². The maximum Gasteiger partial charge on any atom is 0.0843 e. The lowest BCUT2D eigenvalue weighted by Crippen LogP contribution is -2.23. The van der Waals surface area contributed by atoms with E-state index in [1.165, 1.54) is 5.56 Å². The van der Waals surface area contributed by atoms with Crippen molar-refractivity contribution in [1.29, 1.82) is 0 Å². The van der Waals surface area contributed by atoms with E-state index in [0.29, 0.717) is 12.8 Å². The maximum absolute atomic E-state index is 10.8. The Morgan fingerprint density at radius 1 is 1.09 bits per heavy atom. The molecule has 172 valence electrons. The van der Waals surface area contributed by atoms with Crippen LogP contribution in [-0.4, -0.2) is 16.3 Å². The summed E-state index contributed by atoms with van der Waals surface area (Å²) >= 11 is 6.15. The molecular weight excluding hydrogens is 430 g/mol. The fraction of sp³-hybridized carbons (Fsp3) is 0.310. The van der Waals surface area contributed by atoms with Crippen LogP contribution in [0.5, 0.6) is 0 Å². The lowest BCUT2D eigenvalue weighted by Gasteiger charge is -2.25. The van der Waals surface area contributed by atoms with Crippen LogP contribution in [0.4, 0.5) is 5.69 Å². The van der Waals surface area contributed by atoms with Gasteiger partial charge in [-0.05, 0) is 85.5 Å². The quantitative estimate of drug-likeness (QED) is 0.368. The van der Waals surface area contributed by atoms with Gasteiger partial charge in [-0.3, -0.25) is 0 Å². The summed E-state index contributed by atoms with van der Waals surface area (Å²) in [7, 11) is 0. The first-order chi connectivity index (χ1) is 15.8. The lowest BCUT2D eigenvalue weighted by atomic mass is 9.90. The third kappa shape index (κ3) is 6.05. The van der Waals surface area contributed by atoms with E-state index < -0.39 is 11.7 Å². The van der Waals surface area contributed by atoms with Crippen molar-refractivity contribution in [2.45, 2.75) is 57.3 Å². The van der Waals surface area contributed by atoms with Gasteiger partial charge < -0.3 is 15.5 Å². The minimum absolute atomic E-state index is 0.253. The molecule has 33 heavy (non-hydrogen) atoms. The number of benzene rings is 3. The fourth-order valence-corrected chi connectivity index (χ4v) is 4.69. The summed E-state index contributed by atoms with van der Waals surface area (Å²) in [5, 5.41) is 25.6. The molecule has 3 aromatic carbocycles. The number of anilines is 1. The van der Waals surface area contributed by atoms with Crippen LogP contribution in [0.1, 0.15) is 60.6 Å². The minimum Gasteiger partial charge on any atom is -0.388 e. The number of nitrogens with one attached hydrogen (secondary N) is 1. The van der Waals surface area contributed by atoms with Crippen LogP contribution in [0.3, 0.4) is 0 Å². The Morgan fingerprint density at radius 3 is 2.73 bits per heavy atom. The second-order valence-corrected chi connectivity index (χ2v) is 9.83. The third-order valence-electron chi connectivity index (χ3n) is 6.32. The molecule has 3 N–H and O–H groups in total. The van der Waals surface area contributed by atoms with Crippen LogP contribution in [0, 0.1) is 0 Å². The first-order valence-electron chi connectivity index (χ1n) is 11.6. The standard InChI is InChI=1S/C29H32ClNO2/c1-29(2,33)26-9-4-3-7-21(26)13-17-28(32)23-8-5-6-20(18-23)10-15-25-16-12-22-11-14-24(30)19-27(22)31-25/h3-11,14-15,18-19,25,28,31-33H,12-13,16-17H2,1-2H3/b15-10+/t25?,28-/m0/s1. The molecule has 1 heterocycles. The predicted molar refractivity (Wildman–Crippen MR) is 138 cm³/mol. The van der Waals surface area contributed by atoms with E-state index in [2.05, 4.69) is 35.7 Å². The Balaban J connectivity index is 1.40. The Labute approximate surface area is 201 Å². The molecule has 0 aromatic heterocycles. The van der Waals surface area contributed by atoms with Crippen molar-refractivity contribution < 1.29 is 10.2 Å². The first kappa shape index (κ1) is 23.6. The second kappa shape index (κ2) is 10.1. The molecule has 0 bridgehead atoms. The number of halogens is 1. The van der Waals surface area contributed by atoms with E-state index in [1.807, 2.05) is 48.5 Å². The van der Waals surface area contributed by atoms with Gasteiger partial charge in [0, 0.05) is 16.8 Å². The van der Waals surface area contributed by atoms with Gasteiger partial charge in [0.1, 0.15) is 0 Å². The van der Waals surface area contributed by atoms with Gasteiger partial charge in [0.15, 0.2) is 0 Å². The summed E-state index contributed by atoms with van der Waals surface area (Å²) in [4.78, 5) is 0. The maximum atomic E-state index is 10.8. The molecule has 4 heteroatoms. The molecule has 1 aliphatic heterocycles. The van der Waals surface area contributed by atoms with Crippen LogP contribution in [-0.2, 0) is 18.4 Å². The first-order valence-corrected chi connectivity index (χ1v) is 12.0. The van der Waals surface area contributed by atoms with Crippen molar-refractivity contribution in [2.24, 2.45) is 0 Å². The molecule has 0 fully saturated rings. The van der Waals surface area contributed by atoms with Gasteiger partial charge in [0.25, 0.3) is 0 Å². The zero-order chi connectivity index (χ0) is 23.4. The average Bonchev–Trinajstić information content (AvgIpc) is 2.80. The zero-order valence-electron chi connectivity index (χ0n) is 19.3. The smallest absolute Gasteiger partial charge is 0.0843 e. The second-order valence-electron chi connectivity index (χ2n) is 9.39. The molecule has 3 nitrogen and oxygen atoms in total. The average molecular weight is 462 g/mol. The summed E-state index contributed by atoms with van der Waals surface area (Å²) in [6.45, 7) is 3.60. The monoisotopic (exact) mass is 461 g/mol. The van der Waals surface area contributed by atoms with Crippen molar-refractivity contribution >= 4 is 23.4 Å². The highest BCUT2D eigenvalue weighted by Gasteiger charge is 2.20. The largest absolute Gasteiger partial charge is 0.388 e. The van der Waals surface area contributed by atoms with Crippen LogP contribution in [0.15, 0.2) is 72.8 Å². The van der Waals surface area contributed by atoms with Crippen LogP contribution in [0.25, 0.3) is 6.08 Å². The number of hydrogen-bond acceptors (Lipinski definition) is 3. The van der Waals surface area contributed by atoms with Gasteiger partial charge >= 0.3 is 0 Å². The number of aliphatic hydroxyl groups excluding tert-OH is 1. The number of hydrogen-bond donors (Lipinski definition) is 3. The van der Waals surface area contributed by atoms with Crippen molar-refractivity contribution in [1.82, 2.24) is 0 Å². The number of fused-ring (bicyclic) bond motifs is 1. The molecular formula is C29H32ClNO2. The van der Waals surface area contributed by atoms with Gasteiger partial charge in [0.2, 0.25) is 0 Å². The molecule has 1 unspecified atom stereocenters. The predicted octanol–water partition coefficient (Wildman–Crippen LogP) is 6.67. The van der Waals surface area contributed by atoms with Gasteiger partial charge in [0.05, 0.1) is 11.7 Å². The van der Waals surface area contributed by atoms with E-state index in [0.717, 1.165) is 45.8 Å². The molecule has 0 saturated carbocycles. The normalized spacial score (nSPS) is 16.9. The Hall–Kier alpha value is -2.59. The number of aryl methyl sites for hydroxylation is 2. The van der Waals surface area contributed by atoms with E-state index in [-0.39, 0.29) is 6.04 Å². The fourth-order valence-electron chi connectivity index (χ4n) is 4.52. The molecule has 2 atom stereocenters. The third-order valence-corrected chi connectivity index (χ3v) is 6.55. The summed E-state index contributed by atoms with van der Waals surface area (Å²) < 4.78 is 0. The van der Waals surface area contributed by atoms with E-state index in [1.54, 1.807) is 13.8 Å². The molecule has 4 rings (SSSR count). The van der Waals surface area contributed by atoms with E-state index in [9.17, 15) is 10.2 Å². The van der Waals surface area contributed by atoms with E-state index in [4.69, 9.17) is 11.6 Å². The van der Waals surface area contributed by atoms with Gasteiger partial charge in [-0.1, -0.05) is 72.3 Å². The van der Waals surface area contributed by atoms with Gasteiger partial charge in [-0.25, -0.2) is 0 Å². The highest BCUT2D eigenvalue weighted by atomic mass is 35.5. The molecule has 0 saturated heterocycles. The molecule has 0 aliphatic carbocycles. The summed E-state index contributed by atoms with van der Waals surface area (Å²) in [6, 6.07) is 22.3. The molecule has 1 aliphatic rings. The van der Waals surface area contributed by atoms with Crippen LogP contribution in [0.2, 0.25) is 5.02 Å². The molecule has 3 aromatic rings. The Bertz CT molecular complexity index is 1130. The minimum atomic E-state index is -0.898. The van der Waals surface area contributed by atoms with Crippen molar-refractivity contribution in [3.63, 3.8) is 0 Å². The van der Waals surface area contributed by atoms with Crippen molar-refractivity contribution in [2.75, 3.05) is 5.32 Å². The number of rotatable bonds is 7. The summed E-state index contributed by atoms with van der Waals surface area (Å²) in [6.07, 6.45) is 7.11. The lowest BCUT2D eigenvalue weighted by molar-refractivity contribution is 0.0772. The van der Waals surface area contributed by atoms with Crippen molar-refractivity contribution in [3.05, 3.63) is 106 Å².